The van der Waals surface area contributed by atoms with Gasteiger partial charge in [-0.15, -0.1) is 0 Å². The smallest absolute Gasteiger partial charge is 0.323 e. The van der Waals surface area contributed by atoms with Crippen LogP contribution >= 0.6 is 15.9 Å². The van der Waals surface area contributed by atoms with Crippen LogP contribution in [0.4, 0.5) is 17.6 Å². The number of hydrogen-bond acceptors (Lipinski definition) is 1. The van der Waals surface area contributed by atoms with Crippen molar-refractivity contribution < 1.29 is 22.3 Å². The highest BCUT2D eigenvalue weighted by Crippen LogP contribution is 2.43. The highest BCUT2D eigenvalue weighted by Gasteiger charge is 2.48. The standard InChI is InChI=1S/C11H11BrF4O/c1-6-5-7(3-4-8(6)17-2)9(12)11(15,16)10(13)14/h3-5,9-10H,1-2H3. The van der Waals surface area contributed by atoms with Crippen molar-refractivity contribution in [3.8, 4) is 5.75 Å². The summed E-state index contributed by atoms with van der Waals surface area (Å²) < 4.78 is 55.6. The third-order valence-electron chi connectivity index (χ3n) is 2.34. The van der Waals surface area contributed by atoms with Crippen LogP contribution in [0.2, 0.25) is 0 Å². The minimum atomic E-state index is -4.11. The predicted octanol–water partition coefficient (Wildman–Crippen LogP) is 4.34. The van der Waals surface area contributed by atoms with Crippen LogP contribution in [-0.4, -0.2) is 19.5 Å². The van der Waals surface area contributed by atoms with Crippen molar-refractivity contribution in [1.82, 2.24) is 0 Å². The van der Waals surface area contributed by atoms with Gasteiger partial charge in [-0.25, -0.2) is 8.78 Å². The Labute approximate surface area is 105 Å². The number of hydrogen-bond donors (Lipinski definition) is 0. The lowest BCUT2D eigenvalue weighted by Gasteiger charge is -2.22. The molecule has 17 heavy (non-hydrogen) atoms. The molecule has 0 aromatic heterocycles. The summed E-state index contributed by atoms with van der Waals surface area (Å²) in [6.45, 7) is 1.66. The molecule has 1 unspecified atom stereocenters. The molecule has 0 aliphatic heterocycles. The molecule has 0 saturated carbocycles. The molecule has 1 nitrogen and oxygen atoms in total. The van der Waals surface area contributed by atoms with Crippen molar-refractivity contribution >= 4 is 15.9 Å². The first-order valence-corrected chi connectivity index (χ1v) is 5.66. The summed E-state index contributed by atoms with van der Waals surface area (Å²) in [5.74, 6) is -3.59. The highest BCUT2D eigenvalue weighted by molar-refractivity contribution is 9.09. The van der Waals surface area contributed by atoms with E-state index in [1.165, 1.54) is 25.3 Å². The van der Waals surface area contributed by atoms with Gasteiger partial charge in [-0.2, -0.15) is 8.78 Å². The molecule has 0 fully saturated rings. The summed E-state index contributed by atoms with van der Waals surface area (Å²) in [4.78, 5) is -1.72. The van der Waals surface area contributed by atoms with Crippen LogP contribution in [0.5, 0.6) is 5.75 Å². The van der Waals surface area contributed by atoms with E-state index in [9.17, 15) is 17.6 Å². The number of rotatable bonds is 4. The summed E-state index contributed by atoms with van der Waals surface area (Å²) in [7, 11) is 1.45. The number of halogens is 5. The Morgan fingerprint density at radius 1 is 1.29 bits per heavy atom. The van der Waals surface area contributed by atoms with E-state index in [0.717, 1.165) is 0 Å². The third kappa shape index (κ3) is 2.91. The van der Waals surface area contributed by atoms with E-state index < -0.39 is 17.2 Å². The molecule has 0 saturated heterocycles. The zero-order chi connectivity index (χ0) is 13.2. The maximum atomic E-state index is 13.1. The van der Waals surface area contributed by atoms with Crippen molar-refractivity contribution in [2.45, 2.75) is 24.1 Å². The van der Waals surface area contributed by atoms with Crippen molar-refractivity contribution in [2.75, 3.05) is 7.11 Å². The van der Waals surface area contributed by atoms with E-state index in [0.29, 0.717) is 11.3 Å². The molecule has 0 bridgehead atoms. The predicted molar refractivity (Wildman–Crippen MR) is 60.4 cm³/mol. The molecular weight excluding hydrogens is 304 g/mol. The monoisotopic (exact) mass is 314 g/mol. The number of alkyl halides is 5. The Bertz CT molecular complexity index is 395. The summed E-state index contributed by atoms with van der Waals surface area (Å²) >= 11 is 2.62. The first-order valence-electron chi connectivity index (χ1n) is 4.75. The molecule has 96 valence electrons. The van der Waals surface area contributed by atoms with E-state index >= 15 is 0 Å². The molecule has 0 amide bonds. The quantitative estimate of drug-likeness (QED) is 0.593. The summed E-state index contributed by atoms with van der Waals surface area (Å²) in [5, 5.41) is 0. The van der Waals surface area contributed by atoms with Gasteiger partial charge in [-0.3, -0.25) is 0 Å². The molecule has 0 radical (unpaired) electrons. The molecule has 0 N–H and O–H groups in total. The zero-order valence-corrected chi connectivity index (χ0v) is 10.8. The molecule has 6 heteroatoms. The van der Waals surface area contributed by atoms with E-state index in [1.54, 1.807) is 6.92 Å². The Morgan fingerprint density at radius 2 is 1.88 bits per heavy atom. The topological polar surface area (TPSA) is 9.23 Å². The van der Waals surface area contributed by atoms with E-state index in [-0.39, 0.29) is 5.56 Å². The van der Waals surface area contributed by atoms with Gasteiger partial charge in [-0.05, 0) is 24.1 Å². The van der Waals surface area contributed by atoms with Gasteiger partial charge in [0.05, 0.1) is 7.11 Å². The minimum absolute atomic E-state index is 0.0913. The van der Waals surface area contributed by atoms with Crippen LogP contribution < -0.4 is 4.74 Å². The van der Waals surface area contributed by atoms with Gasteiger partial charge in [-0.1, -0.05) is 28.1 Å². The Hall–Kier alpha value is -0.780. The largest absolute Gasteiger partial charge is 0.496 e. The molecule has 0 spiro atoms. The first kappa shape index (κ1) is 14.3. The van der Waals surface area contributed by atoms with Crippen molar-refractivity contribution in [3.63, 3.8) is 0 Å². The lowest BCUT2D eigenvalue weighted by molar-refractivity contribution is -0.127. The van der Waals surface area contributed by atoms with Crippen LogP contribution in [0.3, 0.4) is 0 Å². The van der Waals surface area contributed by atoms with Crippen molar-refractivity contribution in [3.05, 3.63) is 29.3 Å². The van der Waals surface area contributed by atoms with Gasteiger partial charge in [0.1, 0.15) is 10.6 Å². The van der Waals surface area contributed by atoms with Gasteiger partial charge < -0.3 is 4.74 Å². The summed E-state index contributed by atoms with van der Waals surface area (Å²) in [6.07, 6.45) is -3.71. The van der Waals surface area contributed by atoms with Crippen LogP contribution in [-0.2, 0) is 0 Å². The van der Waals surface area contributed by atoms with Gasteiger partial charge in [0.2, 0.25) is 0 Å². The van der Waals surface area contributed by atoms with Crippen molar-refractivity contribution in [2.24, 2.45) is 0 Å². The van der Waals surface area contributed by atoms with E-state index in [2.05, 4.69) is 15.9 Å². The maximum Gasteiger partial charge on any atom is 0.323 e. The molecule has 1 aromatic rings. The first-order chi connectivity index (χ1) is 7.80. The Balaban J connectivity index is 3.05. The molecule has 1 rings (SSSR count). The van der Waals surface area contributed by atoms with E-state index in [1.807, 2.05) is 0 Å². The Kier molecular flexibility index (Phi) is 4.41. The maximum absolute atomic E-state index is 13.1. The summed E-state index contributed by atoms with van der Waals surface area (Å²) in [6, 6.07) is 4.20. The molecule has 0 aliphatic rings. The molecule has 1 atom stereocenters. The molecule has 0 heterocycles. The summed E-state index contributed by atoms with van der Waals surface area (Å²) in [5.41, 5.74) is 0.702. The van der Waals surface area contributed by atoms with Crippen LogP contribution in [0.1, 0.15) is 16.0 Å². The lowest BCUT2D eigenvalue weighted by atomic mass is 10.0. The lowest BCUT2D eigenvalue weighted by Crippen LogP contribution is -2.31. The second-order valence-corrected chi connectivity index (χ2v) is 4.48. The van der Waals surface area contributed by atoms with Gasteiger partial charge >= 0.3 is 12.3 Å². The SMILES string of the molecule is COc1ccc(C(Br)C(F)(F)C(F)F)cc1C. The molecule has 1 aromatic carbocycles. The number of benzene rings is 1. The van der Waals surface area contributed by atoms with Crippen molar-refractivity contribution in [1.29, 1.82) is 0 Å². The molecule has 0 aliphatic carbocycles. The average Bonchev–Trinajstić information content (AvgIpc) is 2.27. The fraction of sp³-hybridized carbons (Fsp3) is 0.455. The number of aryl methyl sites for hydroxylation is 1. The fourth-order valence-corrected chi connectivity index (χ4v) is 1.88. The average molecular weight is 315 g/mol. The Morgan fingerprint density at radius 3 is 2.29 bits per heavy atom. The third-order valence-corrected chi connectivity index (χ3v) is 3.48. The van der Waals surface area contributed by atoms with Gasteiger partial charge in [0, 0.05) is 0 Å². The number of ether oxygens (including phenoxy) is 1. The minimum Gasteiger partial charge on any atom is -0.496 e. The van der Waals surface area contributed by atoms with Crippen LogP contribution in [0.15, 0.2) is 18.2 Å². The second-order valence-electron chi connectivity index (χ2n) is 3.57. The van der Waals surface area contributed by atoms with Crippen LogP contribution in [0.25, 0.3) is 0 Å². The van der Waals surface area contributed by atoms with Gasteiger partial charge in [0.15, 0.2) is 0 Å². The highest BCUT2D eigenvalue weighted by atomic mass is 79.9. The van der Waals surface area contributed by atoms with E-state index in [4.69, 9.17) is 4.74 Å². The molecular formula is C11H11BrF4O. The van der Waals surface area contributed by atoms with Gasteiger partial charge in [0.25, 0.3) is 0 Å². The fourth-order valence-electron chi connectivity index (χ4n) is 1.39. The number of methoxy groups -OCH3 is 1. The normalized spacial score (nSPS) is 13.9. The van der Waals surface area contributed by atoms with Crippen LogP contribution in [0, 0.1) is 6.92 Å². The second kappa shape index (κ2) is 5.25. The zero-order valence-electron chi connectivity index (χ0n) is 9.18.